The molecular weight excluding hydrogens is 306 g/mol. The van der Waals surface area contributed by atoms with Crippen LogP contribution >= 0.6 is 0 Å². The molecule has 0 bridgehead atoms. The van der Waals surface area contributed by atoms with Gasteiger partial charge in [0.1, 0.15) is 29.4 Å². The van der Waals surface area contributed by atoms with Gasteiger partial charge in [-0.25, -0.2) is 0 Å². The summed E-state index contributed by atoms with van der Waals surface area (Å²) in [7, 11) is 0. The number of nitrogens with zero attached hydrogens (tertiary/aromatic N) is 1. The molecule has 0 aromatic heterocycles. The van der Waals surface area contributed by atoms with E-state index in [1.54, 1.807) is 4.90 Å². The van der Waals surface area contributed by atoms with Crippen molar-refractivity contribution in [1.29, 1.82) is 0 Å². The molecule has 126 valence electrons. The van der Waals surface area contributed by atoms with Crippen LogP contribution in [0.2, 0.25) is 0 Å². The summed E-state index contributed by atoms with van der Waals surface area (Å²) in [6.45, 7) is 1.61. The zero-order chi connectivity index (χ0) is 16.9. The Bertz CT molecular complexity index is 709. The van der Waals surface area contributed by atoms with Crippen LogP contribution in [-0.2, 0) is 6.61 Å². The lowest BCUT2D eigenvalue weighted by atomic mass is 10.1. The van der Waals surface area contributed by atoms with Crippen LogP contribution in [0.3, 0.4) is 0 Å². The van der Waals surface area contributed by atoms with Crippen LogP contribution in [0.5, 0.6) is 17.2 Å². The van der Waals surface area contributed by atoms with Crippen molar-refractivity contribution in [2.75, 3.05) is 13.1 Å². The molecule has 1 heterocycles. The second-order valence-corrected chi connectivity index (χ2v) is 5.97. The van der Waals surface area contributed by atoms with Crippen molar-refractivity contribution in [2.45, 2.75) is 25.9 Å². The fraction of sp³-hybridized carbons (Fsp3) is 0.316. The third kappa shape index (κ3) is 3.62. The van der Waals surface area contributed by atoms with Crippen LogP contribution in [0.25, 0.3) is 0 Å². The Hall–Kier alpha value is -2.69. The van der Waals surface area contributed by atoms with Crippen LogP contribution < -0.4 is 4.74 Å². The largest absolute Gasteiger partial charge is 0.508 e. The van der Waals surface area contributed by atoms with Crippen LogP contribution in [0.15, 0.2) is 42.5 Å². The Morgan fingerprint density at radius 1 is 1.04 bits per heavy atom. The normalized spacial score (nSPS) is 14.4. The van der Waals surface area contributed by atoms with E-state index in [-0.39, 0.29) is 35.3 Å². The minimum atomic E-state index is -0.256. The van der Waals surface area contributed by atoms with Gasteiger partial charge in [-0.15, -0.1) is 0 Å². The highest BCUT2D eigenvalue weighted by molar-refractivity contribution is 6.00. The van der Waals surface area contributed by atoms with Gasteiger partial charge in [0.05, 0.1) is 0 Å². The van der Waals surface area contributed by atoms with Crippen molar-refractivity contribution < 1.29 is 19.7 Å². The van der Waals surface area contributed by atoms with Gasteiger partial charge in [0.15, 0.2) is 0 Å². The van der Waals surface area contributed by atoms with Gasteiger partial charge in [0.25, 0.3) is 5.91 Å². The Kier molecular flexibility index (Phi) is 4.89. The Balaban J connectivity index is 1.85. The average molecular weight is 327 g/mol. The molecule has 1 amide bonds. The summed E-state index contributed by atoms with van der Waals surface area (Å²) in [6.07, 6.45) is 3.04. The van der Waals surface area contributed by atoms with Gasteiger partial charge >= 0.3 is 0 Å². The van der Waals surface area contributed by atoms with Crippen molar-refractivity contribution >= 4 is 5.91 Å². The highest BCUT2D eigenvalue weighted by atomic mass is 16.5. The van der Waals surface area contributed by atoms with E-state index >= 15 is 0 Å². The molecule has 0 radical (unpaired) electrons. The number of amides is 1. The molecule has 3 rings (SSSR count). The predicted octanol–water partition coefficient (Wildman–Crippen LogP) is 3.30. The molecule has 1 aliphatic heterocycles. The molecule has 5 heteroatoms. The molecule has 0 spiro atoms. The fourth-order valence-corrected chi connectivity index (χ4v) is 2.91. The Morgan fingerprint density at radius 2 is 1.75 bits per heavy atom. The number of rotatable bonds is 4. The summed E-state index contributed by atoms with van der Waals surface area (Å²) < 4.78 is 5.73. The summed E-state index contributed by atoms with van der Waals surface area (Å²) in [5.41, 5.74) is 1.06. The summed E-state index contributed by atoms with van der Waals surface area (Å²) in [6, 6.07) is 12.1. The van der Waals surface area contributed by atoms with Crippen LogP contribution in [0, 0.1) is 0 Å². The molecule has 2 aromatic rings. The van der Waals surface area contributed by atoms with E-state index in [1.165, 1.54) is 12.1 Å². The highest BCUT2D eigenvalue weighted by Crippen LogP contribution is 2.35. The summed E-state index contributed by atoms with van der Waals surface area (Å²) in [4.78, 5) is 14.5. The fourth-order valence-electron chi connectivity index (χ4n) is 2.91. The van der Waals surface area contributed by atoms with E-state index in [0.717, 1.165) is 24.8 Å². The number of likely N-dealkylation sites (tertiary alicyclic amines) is 1. The van der Waals surface area contributed by atoms with E-state index in [2.05, 4.69) is 0 Å². The van der Waals surface area contributed by atoms with Gasteiger partial charge in [0, 0.05) is 25.2 Å². The van der Waals surface area contributed by atoms with Gasteiger partial charge in [-0.3, -0.25) is 4.79 Å². The van der Waals surface area contributed by atoms with Crippen LogP contribution in [0.1, 0.15) is 35.2 Å². The van der Waals surface area contributed by atoms with Gasteiger partial charge in [-0.2, -0.15) is 0 Å². The first-order valence-corrected chi connectivity index (χ1v) is 8.17. The second-order valence-electron chi connectivity index (χ2n) is 5.97. The number of piperidine rings is 1. The molecular formula is C19H21NO4. The number of phenolic OH excluding ortho intramolecular Hbond substituents is 2. The smallest absolute Gasteiger partial charge is 0.261 e. The average Bonchev–Trinajstić information content (AvgIpc) is 2.60. The molecule has 24 heavy (non-hydrogen) atoms. The number of hydrogen-bond donors (Lipinski definition) is 2. The first-order chi connectivity index (χ1) is 11.6. The molecule has 2 aromatic carbocycles. The topological polar surface area (TPSA) is 70.0 Å². The van der Waals surface area contributed by atoms with Crippen molar-refractivity contribution in [1.82, 2.24) is 4.90 Å². The van der Waals surface area contributed by atoms with E-state index in [0.29, 0.717) is 13.1 Å². The van der Waals surface area contributed by atoms with Crippen LogP contribution in [0.4, 0.5) is 0 Å². The molecule has 0 saturated carbocycles. The number of ether oxygens (including phenoxy) is 1. The standard InChI is InChI=1S/C19H21NO4/c21-15-11-16(22)18(19(23)20-9-5-2-6-10-20)17(12-15)24-13-14-7-3-1-4-8-14/h1,3-4,7-8,11-12,21-22H,2,5-6,9-10,13H2. The SMILES string of the molecule is O=C(c1c(O)cc(O)cc1OCc1ccccc1)N1CCCCC1. The number of benzene rings is 2. The first kappa shape index (κ1) is 16.2. The number of aromatic hydroxyl groups is 2. The van der Waals surface area contributed by atoms with Crippen molar-refractivity contribution in [3.8, 4) is 17.2 Å². The quantitative estimate of drug-likeness (QED) is 0.904. The highest BCUT2D eigenvalue weighted by Gasteiger charge is 2.25. The maximum Gasteiger partial charge on any atom is 0.261 e. The van der Waals surface area contributed by atoms with Gasteiger partial charge in [-0.1, -0.05) is 30.3 Å². The van der Waals surface area contributed by atoms with E-state index < -0.39 is 0 Å². The summed E-state index contributed by atoms with van der Waals surface area (Å²) in [5.74, 6) is -0.443. The number of phenols is 2. The molecule has 5 nitrogen and oxygen atoms in total. The Morgan fingerprint density at radius 3 is 2.46 bits per heavy atom. The first-order valence-electron chi connectivity index (χ1n) is 8.17. The molecule has 1 saturated heterocycles. The zero-order valence-electron chi connectivity index (χ0n) is 13.4. The van der Waals surface area contributed by atoms with Crippen molar-refractivity contribution in [2.24, 2.45) is 0 Å². The number of hydrogen-bond acceptors (Lipinski definition) is 4. The van der Waals surface area contributed by atoms with E-state index in [9.17, 15) is 15.0 Å². The van der Waals surface area contributed by atoms with E-state index in [1.807, 2.05) is 30.3 Å². The van der Waals surface area contributed by atoms with Gasteiger partial charge in [0.2, 0.25) is 0 Å². The second kappa shape index (κ2) is 7.25. The molecule has 0 atom stereocenters. The minimum absolute atomic E-state index is 0.116. The van der Waals surface area contributed by atoms with Crippen molar-refractivity contribution in [3.63, 3.8) is 0 Å². The third-order valence-electron chi connectivity index (χ3n) is 4.16. The molecule has 2 N–H and O–H groups in total. The van der Waals surface area contributed by atoms with Crippen LogP contribution in [-0.4, -0.2) is 34.1 Å². The molecule has 0 aliphatic carbocycles. The lowest BCUT2D eigenvalue weighted by molar-refractivity contribution is 0.0716. The van der Waals surface area contributed by atoms with E-state index in [4.69, 9.17) is 4.74 Å². The third-order valence-corrected chi connectivity index (χ3v) is 4.16. The lowest BCUT2D eigenvalue weighted by Gasteiger charge is -2.27. The summed E-state index contributed by atoms with van der Waals surface area (Å²) in [5, 5.41) is 19.9. The Labute approximate surface area is 141 Å². The minimum Gasteiger partial charge on any atom is -0.508 e. The zero-order valence-corrected chi connectivity index (χ0v) is 13.4. The number of carbonyl (C=O) groups is 1. The predicted molar refractivity (Wildman–Crippen MR) is 90.3 cm³/mol. The maximum absolute atomic E-state index is 12.8. The summed E-state index contributed by atoms with van der Waals surface area (Å²) >= 11 is 0. The molecule has 1 fully saturated rings. The monoisotopic (exact) mass is 327 g/mol. The maximum atomic E-state index is 12.8. The lowest BCUT2D eigenvalue weighted by Crippen LogP contribution is -2.35. The van der Waals surface area contributed by atoms with Gasteiger partial charge in [-0.05, 0) is 24.8 Å². The number of carbonyl (C=O) groups excluding carboxylic acids is 1. The van der Waals surface area contributed by atoms with Crippen molar-refractivity contribution in [3.05, 3.63) is 53.6 Å². The van der Waals surface area contributed by atoms with Gasteiger partial charge < -0.3 is 19.8 Å². The molecule has 0 unspecified atom stereocenters. The molecule has 1 aliphatic rings.